The molecule has 1 saturated heterocycles. The number of anilines is 1. The van der Waals surface area contributed by atoms with Gasteiger partial charge in [-0.2, -0.15) is 4.31 Å². The third-order valence-corrected chi connectivity index (χ3v) is 7.01. The highest BCUT2D eigenvalue weighted by atomic mass is 32.2. The highest BCUT2D eigenvalue weighted by Crippen LogP contribution is 2.26. The molecular formula is C22H28N2O4S. The van der Waals surface area contributed by atoms with Gasteiger partial charge in [0.05, 0.1) is 4.90 Å². The molecule has 0 aliphatic carbocycles. The zero-order chi connectivity index (χ0) is 21.0. The zero-order valence-corrected chi connectivity index (χ0v) is 18.0. The fraction of sp³-hybridized carbons (Fsp3) is 0.409. The van der Waals surface area contributed by atoms with Crippen molar-refractivity contribution in [3.05, 3.63) is 53.1 Å². The quantitative estimate of drug-likeness (QED) is 0.777. The first-order valence-corrected chi connectivity index (χ1v) is 11.3. The minimum Gasteiger partial charge on any atom is -0.483 e. The van der Waals surface area contributed by atoms with Crippen LogP contribution >= 0.6 is 0 Å². The van der Waals surface area contributed by atoms with E-state index < -0.39 is 10.0 Å². The summed E-state index contributed by atoms with van der Waals surface area (Å²) in [6.45, 7) is 6.71. The molecule has 1 aliphatic rings. The Hall–Kier alpha value is -2.38. The Labute approximate surface area is 172 Å². The van der Waals surface area contributed by atoms with Crippen molar-refractivity contribution in [2.75, 3.05) is 25.0 Å². The number of amides is 1. The monoisotopic (exact) mass is 416 g/mol. The molecule has 2 aromatic rings. The van der Waals surface area contributed by atoms with Crippen LogP contribution in [0.25, 0.3) is 0 Å². The number of aryl methyl sites for hydroxylation is 3. The highest BCUT2D eigenvalue weighted by molar-refractivity contribution is 7.89. The van der Waals surface area contributed by atoms with Crippen molar-refractivity contribution in [2.24, 2.45) is 0 Å². The van der Waals surface area contributed by atoms with Gasteiger partial charge in [0.1, 0.15) is 5.75 Å². The fourth-order valence-electron chi connectivity index (χ4n) is 3.48. The number of nitrogens with one attached hydrogen (secondary N) is 1. The molecule has 1 aliphatic heterocycles. The molecule has 1 amide bonds. The number of hydrogen-bond acceptors (Lipinski definition) is 4. The number of benzene rings is 2. The van der Waals surface area contributed by atoms with E-state index in [1.54, 1.807) is 29.4 Å². The molecule has 0 spiro atoms. The van der Waals surface area contributed by atoms with E-state index in [1.807, 2.05) is 32.0 Å². The molecule has 1 heterocycles. The molecule has 6 nitrogen and oxygen atoms in total. The summed E-state index contributed by atoms with van der Waals surface area (Å²) < 4.78 is 32.8. The molecule has 2 aromatic carbocycles. The van der Waals surface area contributed by atoms with Crippen LogP contribution in [-0.4, -0.2) is 38.3 Å². The molecule has 29 heavy (non-hydrogen) atoms. The summed E-state index contributed by atoms with van der Waals surface area (Å²) in [5.74, 6) is 0.236. The molecular weight excluding hydrogens is 388 g/mol. The van der Waals surface area contributed by atoms with Crippen molar-refractivity contribution in [2.45, 2.75) is 44.9 Å². The van der Waals surface area contributed by atoms with Gasteiger partial charge < -0.3 is 10.1 Å². The Bertz CT molecular complexity index is 996. The number of carbonyl (C=O) groups excluding carboxylic acids is 1. The van der Waals surface area contributed by atoms with E-state index in [4.69, 9.17) is 4.74 Å². The van der Waals surface area contributed by atoms with Crippen molar-refractivity contribution >= 4 is 21.6 Å². The van der Waals surface area contributed by atoms with Gasteiger partial charge in [-0.15, -0.1) is 0 Å². The van der Waals surface area contributed by atoms with Crippen LogP contribution in [-0.2, 0) is 14.8 Å². The van der Waals surface area contributed by atoms with Crippen LogP contribution in [0.5, 0.6) is 5.75 Å². The summed E-state index contributed by atoms with van der Waals surface area (Å²) in [5.41, 5.74) is 3.56. The average molecular weight is 417 g/mol. The van der Waals surface area contributed by atoms with E-state index in [0.717, 1.165) is 36.1 Å². The lowest BCUT2D eigenvalue weighted by Gasteiger charge is -2.26. The van der Waals surface area contributed by atoms with Gasteiger partial charge in [0.15, 0.2) is 6.61 Å². The molecule has 7 heteroatoms. The lowest BCUT2D eigenvalue weighted by molar-refractivity contribution is -0.118. The Morgan fingerprint density at radius 1 is 1.00 bits per heavy atom. The molecule has 0 bridgehead atoms. The summed E-state index contributed by atoms with van der Waals surface area (Å²) >= 11 is 0. The maximum absolute atomic E-state index is 12.8. The number of rotatable bonds is 6. The summed E-state index contributed by atoms with van der Waals surface area (Å²) in [4.78, 5) is 12.5. The predicted molar refractivity (Wildman–Crippen MR) is 114 cm³/mol. The number of nitrogens with zero attached hydrogens (tertiary/aromatic N) is 1. The van der Waals surface area contributed by atoms with Crippen molar-refractivity contribution in [3.63, 3.8) is 0 Å². The van der Waals surface area contributed by atoms with Crippen molar-refractivity contribution in [1.29, 1.82) is 0 Å². The summed E-state index contributed by atoms with van der Waals surface area (Å²) in [6, 6.07) is 10.6. The van der Waals surface area contributed by atoms with Crippen LogP contribution in [0.1, 0.15) is 36.0 Å². The lowest BCUT2D eigenvalue weighted by Crippen LogP contribution is -2.35. The fourth-order valence-corrected chi connectivity index (χ4v) is 5.08. The molecule has 0 aromatic heterocycles. The van der Waals surface area contributed by atoms with E-state index in [1.165, 1.54) is 0 Å². The Morgan fingerprint density at radius 2 is 1.72 bits per heavy atom. The molecule has 3 rings (SSSR count). The normalized spacial score (nSPS) is 15.1. The summed E-state index contributed by atoms with van der Waals surface area (Å²) in [6.07, 6.45) is 2.87. The van der Waals surface area contributed by atoms with Crippen LogP contribution < -0.4 is 10.1 Å². The van der Waals surface area contributed by atoms with Crippen LogP contribution in [0.15, 0.2) is 41.3 Å². The molecule has 0 unspecified atom stereocenters. The van der Waals surface area contributed by atoms with Crippen LogP contribution in [0, 0.1) is 20.8 Å². The second kappa shape index (κ2) is 8.97. The third kappa shape index (κ3) is 5.16. The second-order valence-corrected chi connectivity index (χ2v) is 9.49. The summed E-state index contributed by atoms with van der Waals surface area (Å²) in [5, 5.41) is 2.84. The molecule has 0 radical (unpaired) electrons. The first-order valence-electron chi connectivity index (χ1n) is 9.88. The Kier molecular flexibility index (Phi) is 6.59. The topological polar surface area (TPSA) is 75.7 Å². The summed E-state index contributed by atoms with van der Waals surface area (Å²) in [7, 11) is -3.48. The number of carbonyl (C=O) groups is 1. The maximum Gasteiger partial charge on any atom is 0.262 e. The zero-order valence-electron chi connectivity index (χ0n) is 17.2. The van der Waals surface area contributed by atoms with E-state index in [9.17, 15) is 13.2 Å². The number of hydrogen-bond donors (Lipinski definition) is 1. The van der Waals surface area contributed by atoms with Crippen molar-refractivity contribution in [1.82, 2.24) is 4.31 Å². The second-order valence-electron chi connectivity index (χ2n) is 7.55. The Balaban J connectivity index is 1.64. The minimum atomic E-state index is -3.48. The third-order valence-electron chi connectivity index (χ3n) is 5.11. The minimum absolute atomic E-state index is 0.146. The van der Waals surface area contributed by atoms with Gasteiger partial charge in [-0.25, -0.2) is 8.42 Å². The van der Waals surface area contributed by atoms with Gasteiger partial charge in [-0.3, -0.25) is 4.79 Å². The standard InChI is InChI=1S/C22H28N2O4S/c1-16-7-9-20(17(2)13-16)23-22(25)15-28-21-10-8-19(14-18(21)3)29(26,27)24-11-5-4-6-12-24/h7-10,13-14H,4-6,11-12,15H2,1-3H3,(H,23,25). The van der Waals surface area contributed by atoms with E-state index in [0.29, 0.717) is 24.4 Å². The lowest BCUT2D eigenvalue weighted by atomic mass is 10.1. The van der Waals surface area contributed by atoms with E-state index >= 15 is 0 Å². The number of piperidine rings is 1. The average Bonchev–Trinajstić information content (AvgIpc) is 2.70. The predicted octanol–water partition coefficient (Wildman–Crippen LogP) is 3.80. The number of ether oxygens (including phenoxy) is 1. The van der Waals surface area contributed by atoms with E-state index in [2.05, 4.69) is 5.32 Å². The van der Waals surface area contributed by atoms with Crippen molar-refractivity contribution in [3.8, 4) is 5.75 Å². The largest absolute Gasteiger partial charge is 0.483 e. The van der Waals surface area contributed by atoms with Gasteiger partial charge in [0.2, 0.25) is 10.0 Å². The van der Waals surface area contributed by atoms with Gasteiger partial charge >= 0.3 is 0 Å². The van der Waals surface area contributed by atoms with Crippen LogP contribution in [0.3, 0.4) is 0 Å². The first kappa shape index (κ1) is 21.3. The van der Waals surface area contributed by atoms with Crippen molar-refractivity contribution < 1.29 is 17.9 Å². The molecule has 0 saturated carbocycles. The van der Waals surface area contributed by atoms with Gasteiger partial charge in [0.25, 0.3) is 5.91 Å². The van der Waals surface area contributed by atoms with E-state index in [-0.39, 0.29) is 17.4 Å². The van der Waals surface area contributed by atoms with Gasteiger partial charge in [0, 0.05) is 18.8 Å². The smallest absolute Gasteiger partial charge is 0.262 e. The highest BCUT2D eigenvalue weighted by Gasteiger charge is 2.26. The molecule has 1 fully saturated rings. The molecule has 0 atom stereocenters. The maximum atomic E-state index is 12.8. The van der Waals surface area contributed by atoms with Crippen LogP contribution in [0.2, 0.25) is 0 Å². The SMILES string of the molecule is Cc1ccc(NC(=O)COc2ccc(S(=O)(=O)N3CCCCC3)cc2C)c(C)c1. The Morgan fingerprint density at radius 3 is 2.38 bits per heavy atom. The van der Waals surface area contributed by atoms with Gasteiger partial charge in [-0.1, -0.05) is 24.1 Å². The molecule has 1 N–H and O–H groups in total. The molecule has 156 valence electrons. The number of sulfonamides is 1. The van der Waals surface area contributed by atoms with Crippen LogP contribution in [0.4, 0.5) is 5.69 Å². The first-order chi connectivity index (χ1) is 13.8. The van der Waals surface area contributed by atoms with Gasteiger partial charge in [-0.05, 0) is 69.0 Å².